The summed E-state index contributed by atoms with van der Waals surface area (Å²) in [7, 11) is 0. The molecule has 1 N–H and O–H groups in total. The molecule has 3 heterocycles. The zero-order chi connectivity index (χ0) is 18.3. The van der Waals surface area contributed by atoms with Crippen LogP contribution in [0.15, 0.2) is 41.2 Å². The number of fused-ring (bicyclic) bond motifs is 1. The summed E-state index contributed by atoms with van der Waals surface area (Å²) in [5, 5.41) is 5.91. The van der Waals surface area contributed by atoms with Gasteiger partial charge in [-0.2, -0.15) is 11.3 Å². The highest BCUT2D eigenvalue weighted by atomic mass is 35.5. The van der Waals surface area contributed by atoms with Crippen LogP contribution in [0.3, 0.4) is 0 Å². The fraction of sp³-hybridized carbons (Fsp3) is 0.381. The zero-order valence-electron chi connectivity index (χ0n) is 15.0. The van der Waals surface area contributed by atoms with Crippen molar-refractivity contribution in [2.24, 2.45) is 11.8 Å². The van der Waals surface area contributed by atoms with Gasteiger partial charge < -0.3 is 9.88 Å². The van der Waals surface area contributed by atoms with E-state index in [0.29, 0.717) is 22.4 Å². The largest absolute Gasteiger partial charge is 0.361 e. The fourth-order valence-electron chi connectivity index (χ4n) is 4.11. The Labute approximate surface area is 163 Å². The Morgan fingerprint density at radius 2 is 2.19 bits per heavy atom. The molecule has 1 fully saturated rings. The Kier molecular flexibility index (Phi) is 4.80. The van der Waals surface area contributed by atoms with Crippen LogP contribution in [-0.4, -0.2) is 28.4 Å². The number of rotatable bonds is 3. The van der Waals surface area contributed by atoms with Crippen LogP contribution in [0, 0.1) is 11.8 Å². The van der Waals surface area contributed by atoms with Gasteiger partial charge in [-0.25, -0.2) is 0 Å². The van der Waals surface area contributed by atoms with Crippen LogP contribution in [0.25, 0.3) is 10.9 Å². The van der Waals surface area contributed by atoms with Gasteiger partial charge in [0.2, 0.25) is 0 Å². The van der Waals surface area contributed by atoms with Gasteiger partial charge in [0.1, 0.15) is 0 Å². The number of amides is 1. The minimum atomic E-state index is 0.0476. The van der Waals surface area contributed by atoms with E-state index >= 15 is 0 Å². The number of H-pyrrole nitrogens is 1. The van der Waals surface area contributed by atoms with E-state index in [9.17, 15) is 4.79 Å². The summed E-state index contributed by atoms with van der Waals surface area (Å²) in [5.41, 5.74) is 2.98. The van der Waals surface area contributed by atoms with Crippen molar-refractivity contribution in [1.82, 2.24) is 9.88 Å². The molecule has 0 bridgehead atoms. The fourth-order valence-corrected chi connectivity index (χ4v) is 5.03. The lowest BCUT2D eigenvalue weighted by molar-refractivity contribution is 0.0460. The second-order valence-electron chi connectivity index (χ2n) is 7.51. The average molecular weight is 387 g/mol. The Morgan fingerprint density at radius 1 is 1.35 bits per heavy atom. The monoisotopic (exact) mass is 386 g/mol. The van der Waals surface area contributed by atoms with Gasteiger partial charge in [-0.05, 0) is 72.2 Å². The molecule has 1 amide bonds. The molecular weight excluding hydrogens is 364 g/mol. The molecule has 0 spiro atoms. The van der Waals surface area contributed by atoms with Crippen molar-refractivity contribution in [3.63, 3.8) is 0 Å². The molecule has 0 saturated carbocycles. The summed E-state index contributed by atoms with van der Waals surface area (Å²) in [6.07, 6.45) is 4.01. The van der Waals surface area contributed by atoms with Crippen molar-refractivity contribution >= 4 is 39.7 Å². The van der Waals surface area contributed by atoms with E-state index in [1.54, 1.807) is 11.3 Å². The van der Waals surface area contributed by atoms with E-state index in [4.69, 9.17) is 11.6 Å². The van der Waals surface area contributed by atoms with Crippen molar-refractivity contribution in [2.45, 2.75) is 32.7 Å². The number of thiophene rings is 1. The van der Waals surface area contributed by atoms with Crippen LogP contribution in [0.4, 0.5) is 0 Å². The van der Waals surface area contributed by atoms with Crippen LogP contribution in [-0.2, 0) is 6.42 Å². The lowest BCUT2D eigenvalue weighted by Crippen LogP contribution is -2.48. The van der Waals surface area contributed by atoms with E-state index in [1.165, 1.54) is 5.56 Å². The zero-order valence-corrected chi connectivity index (χ0v) is 16.6. The van der Waals surface area contributed by atoms with Gasteiger partial charge in [0.15, 0.2) is 0 Å². The molecule has 0 radical (unpaired) electrons. The lowest BCUT2D eigenvalue weighted by Gasteiger charge is -2.42. The number of aromatic nitrogens is 1. The van der Waals surface area contributed by atoms with Gasteiger partial charge >= 0.3 is 0 Å². The molecule has 3 atom stereocenters. The Hall–Kier alpha value is -1.78. The van der Waals surface area contributed by atoms with E-state index in [2.05, 4.69) is 35.7 Å². The molecule has 1 aliphatic rings. The number of carbonyl (C=O) groups is 1. The lowest BCUT2D eigenvalue weighted by atomic mass is 9.79. The van der Waals surface area contributed by atoms with Crippen molar-refractivity contribution in [2.75, 3.05) is 6.54 Å². The molecule has 1 aliphatic heterocycles. The first-order valence-corrected chi connectivity index (χ1v) is 10.4. The summed E-state index contributed by atoms with van der Waals surface area (Å²) in [4.78, 5) is 18.3. The SMILES string of the molecule is C[C@@H]1CC(Cc2ccsc2)[C@@H](C)CN1C(=O)c1cc2cc[nH]c2cc1Cl. The van der Waals surface area contributed by atoms with Crippen LogP contribution >= 0.6 is 22.9 Å². The van der Waals surface area contributed by atoms with Gasteiger partial charge in [-0.15, -0.1) is 0 Å². The molecule has 1 unspecified atom stereocenters. The van der Waals surface area contributed by atoms with E-state index in [-0.39, 0.29) is 11.9 Å². The third kappa shape index (κ3) is 3.28. The Morgan fingerprint density at radius 3 is 2.96 bits per heavy atom. The second kappa shape index (κ2) is 7.09. The number of hydrogen-bond donors (Lipinski definition) is 1. The maximum absolute atomic E-state index is 13.2. The van der Waals surface area contributed by atoms with Gasteiger partial charge in [0.25, 0.3) is 5.91 Å². The highest BCUT2D eigenvalue weighted by Crippen LogP contribution is 2.33. The first-order valence-electron chi connectivity index (χ1n) is 9.11. The molecule has 3 nitrogen and oxygen atoms in total. The number of carbonyl (C=O) groups excluding carboxylic acids is 1. The number of likely N-dealkylation sites (tertiary alicyclic amines) is 1. The third-order valence-electron chi connectivity index (χ3n) is 5.68. The molecule has 1 aromatic carbocycles. The molecule has 4 rings (SSSR count). The smallest absolute Gasteiger partial charge is 0.255 e. The summed E-state index contributed by atoms with van der Waals surface area (Å²) in [6.45, 7) is 5.21. The van der Waals surface area contributed by atoms with Gasteiger partial charge in [0, 0.05) is 29.7 Å². The summed E-state index contributed by atoms with van der Waals surface area (Å²) >= 11 is 8.17. The standard InChI is InChI=1S/C21H23ClN2OS/c1-13-11-24(14(2)7-17(13)8-15-4-6-26-12-15)21(25)18-9-16-3-5-23-20(16)10-19(18)22/h3-6,9-10,12-14,17,23H,7-8,11H2,1-2H3/t13-,14+,17?/m0/s1. The maximum Gasteiger partial charge on any atom is 0.255 e. The van der Waals surface area contributed by atoms with Crippen LogP contribution in [0.2, 0.25) is 5.02 Å². The minimum Gasteiger partial charge on any atom is -0.361 e. The minimum absolute atomic E-state index is 0.0476. The van der Waals surface area contributed by atoms with Crippen molar-refractivity contribution in [1.29, 1.82) is 0 Å². The number of hydrogen-bond acceptors (Lipinski definition) is 2. The molecular formula is C21H23ClN2OS. The number of benzene rings is 1. The molecule has 5 heteroatoms. The highest BCUT2D eigenvalue weighted by molar-refractivity contribution is 7.07. The summed E-state index contributed by atoms with van der Waals surface area (Å²) in [5.74, 6) is 1.14. The summed E-state index contributed by atoms with van der Waals surface area (Å²) in [6, 6.07) is 8.17. The van der Waals surface area contributed by atoms with Crippen LogP contribution < -0.4 is 0 Å². The predicted octanol–water partition coefficient (Wildman–Crippen LogP) is 5.61. The van der Waals surface area contributed by atoms with Crippen molar-refractivity contribution < 1.29 is 4.79 Å². The summed E-state index contributed by atoms with van der Waals surface area (Å²) < 4.78 is 0. The quantitative estimate of drug-likeness (QED) is 0.623. The number of nitrogens with one attached hydrogen (secondary N) is 1. The molecule has 136 valence electrons. The molecule has 3 aromatic rings. The third-order valence-corrected chi connectivity index (χ3v) is 6.72. The first-order chi connectivity index (χ1) is 12.5. The first kappa shape index (κ1) is 17.6. The molecule has 0 aliphatic carbocycles. The topological polar surface area (TPSA) is 36.1 Å². The van der Waals surface area contributed by atoms with Crippen molar-refractivity contribution in [3.05, 3.63) is 57.4 Å². The Bertz CT molecular complexity index is 917. The molecule has 1 saturated heterocycles. The van der Waals surface area contributed by atoms with Crippen molar-refractivity contribution in [3.8, 4) is 0 Å². The number of piperidine rings is 1. The van der Waals surface area contributed by atoms with E-state index in [1.807, 2.05) is 29.3 Å². The highest BCUT2D eigenvalue weighted by Gasteiger charge is 2.34. The van der Waals surface area contributed by atoms with E-state index in [0.717, 1.165) is 30.3 Å². The molecule has 2 aromatic heterocycles. The second-order valence-corrected chi connectivity index (χ2v) is 8.70. The average Bonchev–Trinajstić information content (AvgIpc) is 3.27. The Balaban J connectivity index is 1.53. The number of halogens is 1. The normalized spacial score (nSPS) is 23.5. The van der Waals surface area contributed by atoms with Crippen LogP contribution in [0.1, 0.15) is 36.2 Å². The van der Waals surface area contributed by atoms with Crippen LogP contribution in [0.5, 0.6) is 0 Å². The van der Waals surface area contributed by atoms with E-state index < -0.39 is 0 Å². The van der Waals surface area contributed by atoms with Gasteiger partial charge in [0.05, 0.1) is 10.6 Å². The van der Waals surface area contributed by atoms with Gasteiger partial charge in [-0.3, -0.25) is 4.79 Å². The number of aromatic amines is 1. The molecule has 26 heavy (non-hydrogen) atoms. The number of nitrogens with zero attached hydrogens (tertiary/aromatic N) is 1. The maximum atomic E-state index is 13.2. The van der Waals surface area contributed by atoms with Gasteiger partial charge in [-0.1, -0.05) is 18.5 Å². The predicted molar refractivity (Wildman–Crippen MR) is 109 cm³/mol.